The predicted octanol–water partition coefficient (Wildman–Crippen LogP) is 4.65. The number of furan rings is 1. The number of nitrogens with one attached hydrogen (secondary N) is 3. The maximum absolute atomic E-state index is 13.0. The van der Waals surface area contributed by atoms with E-state index in [0.29, 0.717) is 28.7 Å². The minimum absolute atomic E-state index is 0.0938. The summed E-state index contributed by atoms with van der Waals surface area (Å²) in [5.41, 5.74) is 4.62. The Morgan fingerprint density at radius 1 is 1.31 bits per heavy atom. The van der Waals surface area contributed by atoms with E-state index in [1.807, 2.05) is 12.1 Å². The number of fused-ring (bicyclic) bond motifs is 2. The third-order valence-electron chi connectivity index (χ3n) is 6.73. The fourth-order valence-corrected chi connectivity index (χ4v) is 6.00. The first-order chi connectivity index (χ1) is 17.0. The van der Waals surface area contributed by atoms with E-state index < -0.39 is 11.9 Å². The van der Waals surface area contributed by atoms with Crippen LogP contribution in [0.25, 0.3) is 0 Å². The van der Waals surface area contributed by atoms with Gasteiger partial charge in [0.25, 0.3) is 0 Å². The summed E-state index contributed by atoms with van der Waals surface area (Å²) in [7, 11) is 0. The fraction of sp³-hybridized carbons (Fsp3) is 0.346. The summed E-state index contributed by atoms with van der Waals surface area (Å²) in [6.45, 7) is 4.14. The smallest absolute Gasteiger partial charge is 0.356 e. The van der Waals surface area contributed by atoms with Gasteiger partial charge in [0, 0.05) is 29.5 Å². The zero-order valence-electron chi connectivity index (χ0n) is 19.5. The van der Waals surface area contributed by atoms with Crippen molar-refractivity contribution >= 4 is 34.4 Å². The Hall–Kier alpha value is -3.46. The Labute approximate surface area is 207 Å². The Balaban J connectivity index is 1.32. The highest BCUT2D eigenvalue weighted by Gasteiger charge is 2.39. The van der Waals surface area contributed by atoms with Crippen molar-refractivity contribution in [3.63, 3.8) is 0 Å². The third-order valence-corrected chi connectivity index (χ3v) is 7.57. The zero-order chi connectivity index (χ0) is 24.1. The number of aliphatic imine (C=N–C) groups is 1. The van der Waals surface area contributed by atoms with Gasteiger partial charge >= 0.3 is 5.97 Å². The molecule has 3 atom stereocenters. The number of carbonyl (C=O) groups is 2. The molecule has 180 valence electrons. The van der Waals surface area contributed by atoms with Crippen LogP contribution in [0, 0.1) is 0 Å². The molecule has 0 bridgehead atoms. The first-order valence-electron chi connectivity index (χ1n) is 11.9. The number of anilines is 1. The molecule has 9 heteroatoms. The second-order valence-electron chi connectivity index (χ2n) is 9.07. The van der Waals surface area contributed by atoms with Crippen LogP contribution in [-0.2, 0) is 9.53 Å². The lowest BCUT2D eigenvalue weighted by Gasteiger charge is -2.31. The minimum atomic E-state index is -0.424. The molecule has 0 radical (unpaired) electrons. The molecule has 0 fully saturated rings. The summed E-state index contributed by atoms with van der Waals surface area (Å²) in [6.07, 6.45) is 10.2. The highest BCUT2D eigenvalue weighted by atomic mass is 32.2. The monoisotopic (exact) mass is 490 g/mol. The Morgan fingerprint density at radius 3 is 3.06 bits per heavy atom. The molecule has 8 nitrogen and oxygen atoms in total. The summed E-state index contributed by atoms with van der Waals surface area (Å²) in [5, 5.41) is 8.31. The molecule has 4 heterocycles. The summed E-state index contributed by atoms with van der Waals surface area (Å²) in [5.74, 6) is -0.0396. The van der Waals surface area contributed by atoms with Gasteiger partial charge in [-0.25, -0.2) is 4.79 Å². The number of esters is 1. The maximum atomic E-state index is 13.0. The van der Waals surface area contributed by atoms with Crippen molar-refractivity contribution in [2.75, 3.05) is 11.9 Å². The Bertz CT molecular complexity index is 1340. The number of nitrogens with zero attached hydrogens (tertiary/aromatic N) is 1. The van der Waals surface area contributed by atoms with Crippen LogP contribution < -0.4 is 10.6 Å². The van der Waals surface area contributed by atoms with Crippen LogP contribution in [0.2, 0.25) is 0 Å². The topological polar surface area (TPSA) is 109 Å². The molecule has 0 aromatic carbocycles. The third kappa shape index (κ3) is 3.83. The number of aromatic nitrogens is 1. The molecule has 2 aromatic heterocycles. The van der Waals surface area contributed by atoms with Gasteiger partial charge in [0.1, 0.15) is 11.5 Å². The lowest BCUT2D eigenvalue weighted by Crippen LogP contribution is -2.32. The molecular formula is C26H26N4O4S. The van der Waals surface area contributed by atoms with Crippen LogP contribution in [-0.4, -0.2) is 40.6 Å². The van der Waals surface area contributed by atoms with E-state index in [1.54, 1.807) is 13.1 Å². The lowest BCUT2D eigenvalue weighted by atomic mass is 9.78. The number of rotatable bonds is 4. The van der Waals surface area contributed by atoms with Crippen LogP contribution >= 0.6 is 11.8 Å². The van der Waals surface area contributed by atoms with Gasteiger partial charge < -0.3 is 24.8 Å². The van der Waals surface area contributed by atoms with Gasteiger partial charge in [-0.15, -0.1) is 0 Å². The summed E-state index contributed by atoms with van der Waals surface area (Å²) in [4.78, 5) is 33.4. The predicted molar refractivity (Wildman–Crippen MR) is 134 cm³/mol. The summed E-state index contributed by atoms with van der Waals surface area (Å²) >= 11 is 1.44. The number of aromatic amines is 1. The van der Waals surface area contributed by atoms with Crippen molar-refractivity contribution in [2.45, 2.75) is 56.2 Å². The SMILES string of the molecule is CCOC(=O)c1[nH]cc2c1NC1=C(C(=O)CCC1)C2c1ccc(SC2=NC3C=CC(C)=CC3N2)o1. The average molecular weight is 491 g/mol. The van der Waals surface area contributed by atoms with Gasteiger partial charge in [-0.3, -0.25) is 9.79 Å². The minimum Gasteiger partial charge on any atom is -0.461 e. The molecule has 6 rings (SSSR count). The zero-order valence-corrected chi connectivity index (χ0v) is 20.3. The Morgan fingerprint density at radius 2 is 2.20 bits per heavy atom. The van der Waals surface area contributed by atoms with Crippen molar-refractivity contribution in [3.05, 3.63) is 70.4 Å². The van der Waals surface area contributed by atoms with Gasteiger partial charge in [-0.2, -0.15) is 0 Å². The van der Waals surface area contributed by atoms with Gasteiger partial charge in [0.15, 0.2) is 16.0 Å². The molecule has 0 spiro atoms. The first kappa shape index (κ1) is 22.0. The second-order valence-corrected chi connectivity index (χ2v) is 10.1. The molecule has 4 aliphatic rings. The van der Waals surface area contributed by atoms with E-state index in [0.717, 1.165) is 34.8 Å². The van der Waals surface area contributed by atoms with Gasteiger partial charge in [0.2, 0.25) is 0 Å². The van der Waals surface area contributed by atoms with E-state index in [2.05, 4.69) is 40.8 Å². The van der Waals surface area contributed by atoms with E-state index in [9.17, 15) is 9.59 Å². The molecule has 0 saturated heterocycles. The number of carbonyl (C=O) groups excluding carboxylic acids is 2. The number of ketones is 1. The van der Waals surface area contributed by atoms with Crippen molar-refractivity contribution < 1.29 is 18.7 Å². The molecular weight excluding hydrogens is 464 g/mol. The first-order valence-corrected chi connectivity index (χ1v) is 12.7. The van der Waals surface area contributed by atoms with Crippen LogP contribution in [0.1, 0.15) is 60.8 Å². The number of Topliss-reactive ketones (excluding diaryl/α,β-unsaturated/α-hetero) is 1. The van der Waals surface area contributed by atoms with Crippen LogP contribution in [0.5, 0.6) is 0 Å². The van der Waals surface area contributed by atoms with Crippen molar-refractivity contribution in [3.8, 4) is 0 Å². The molecule has 2 aromatic rings. The molecule has 0 saturated carbocycles. The van der Waals surface area contributed by atoms with E-state index in [1.165, 1.54) is 17.3 Å². The fourth-order valence-electron chi connectivity index (χ4n) is 5.16. The maximum Gasteiger partial charge on any atom is 0.356 e. The number of allylic oxidation sites excluding steroid dienone is 4. The molecule has 0 amide bonds. The van der Waals surface area contributed by atoms with Crippen molar-refractivity contribution in [1.29, 1.82) is 0 Å². The number of thioether (sulfide) groups is 1. The van der Waals surface area contributed by atoms with Crippen LogP contribution in [0.3, 0.4) is 0 Å². The molecule has 35 heavy (non-hydrogen) atoms. The molecule has 3 unspecified atom stereocenters. The Kier molecular flexibility index (Phi) is 5.44. The molecule has 2 aliphatic heterocycles. The van der Waals surface area contributed by atoms with E-state index in [4.69, 9.17) is 14.1 Å². The van der Waals surface area contributed by atoms with E-state index >= 15 is 0 Å². The van der Waals surface area contributed by atoms with Gasteiger partial charge in [0.05, 0.1) is 30.3 Å². The number of hydrogen-bond acceptors (Lipinski definition) is 8. The molecule has 2 aliphatic carbocycles. The highest BCUT2D eigenvalue weighted by Crippen LogP contribution is 2.47. The van der Waals surface area contributed by atoms with Gasteiger partial charge in [-0.1, -0.05) is 23.8 Å². The quantitative estimate of drug-likeness (QED) is 0.535. The standard InChI is InChI=1S/C26H26N4O4S/c1-3-33-25(32)24-23-14(12-27-24)21(22-16(28-23)5-4-6-18(22)31)19-9-10-20(34-19)35-26-29-15-8-7-13(2)11-17(15)30-26/h7-12,15,17,21,27-28H,3-6H2,1-2H3,(H,29,30). The lowest BCUT2D eigenvalue weighted by molar-refractivity contribution is -0.116. The van der Waals surface area contributed by atoms with E-state index in [-0.39, 0.29) is 24.5 Å². The van der Waals surface area contributed by atoms with Crippen molar-refractivity contribution in [2.24, 2.45) is 4.99 Å². The van der Waals surface area contributed by atoms with Crippen LogP contribution in [0.4, 0.5) is 5.69 Å². The molecule has 3 N–H and O–H groups in total. The van der Waals surface area contributed by atoms with Crippen LogP contribution in [0.15, 0.2) is 67.9 Å². The number of amidine groups is 1. The average Bonchev–Trinajstić information content (AvgIpc) is 3.56. The summed E-state index contributed by atoms with van der Waals surface area (Å²) in [6, 6.07) is 4.09. The summed E-state index contributed by atoms with van der Waals surface area (Å²) < 4.78 is 11.5. The normalized spacial score (nSPS) is 24.6. The second kappa shape index (κ2) is 8.64. The van der Waals surface area contributed by atoms with Gasteiger partial charge in [-0.05, 0) is 50.6 Å². The largest absolute Gasteiger partial charge is 0.461 e. The number of hydrogen-bond donors (Lipinski definition) is 3. The number of ether oxygens (including phenoxy) is 1. The highest BCUT2D eigenvalue weighted by molar-refractivity contribution is 8.13. The van der Waals surface area contributed by atoms with Crippen molar-refractivity contribution in [1.82, 2.24) is 10.3 Å². The number of H-pyrrole nitrogens is 1.